The molecule has 2 atom stereocenters. The average Bonchev–Trinajstić information content (AvgIpc) is 2.46. The predicted octanol–water partition coefficient (Wildman–Crippen LogP) is 2.40. The summed E-state index contributed by atoms with van der Waals surface area (Å²) in [4.78, 5) is 12.2. The van der Waals surface area contributed by atoms with Crippen LogP contribution in [0.1, 0.15) is 45.2 Å². The van der Waals surface area contributed by atoms with E-state index >= 15 is 0 Å². The molecule has 0 fully saturated rings. The van der Waals surface area contributed by atoms with Crippen LogP contribution in [0.2, 0.25) is 0 Å². The Labute approximate surface area is 126 Å². The lowest BCUT2D eigenvalue weighted by Crippen LogP contribution is -2.52. The fraction of sp³-hybridized carbons (Fsp3) is 0.562. The molecule has 5 heteroatoms. The number of benzene rings is 1. The molecule has 3 N–H and O–H groups in total. The minimum Gasteiger partial charge on any atom is -0.493 e. The first-order valence-electron chi connectivity index (χ1n) is 7.17. The molecule has 0 saturated carbocycles. The van der Waals surface area contributed by atoms with Crippen LogP contribution in [0.15, 0.2) is 18.2 Å². The van der Waals surface area contributed by atoms with Gasteiger partial charge in [0.05, 0.1) is 25.8 Å². The molecule has 1 aromatic rings. The first kappa shape index (κ1) is 17.3. The molecule has 0 aliphatic rings. The molecule has 1 amide bonds. The lowest BCUT2D eigenvalue weighted by Gasteiger charge is -2.26. The minimum absolute atomic E-state index is 0.147. The van der Waals surface area contributed by atoms with Crippen LogP contribution in [0, 0.1) is 0 Å². The topological polar surface area (TPSA) is 73.6 Å². The molecule has 0 saturated heterocycles. The van der Waals surface area contributed by atoms with Crippen molar-refractivity contribution in [2.45, 2.75) is 45.2 Å². The number of hydrogen-bond acceptors (Lipinski definition) is 4. The summed E-state index contributed by atoms with van der Waals surface area (Å²) in [5.41, 5.74) is 6.13. The normalized spacial score (nSPS) is 15.0. The van der Waals surface area contributed by atoms with Gasteiger partial charge in [-0.15, -0.1) is 0 Å². The summed E-state index contributed by atoms with van der Waals surface area (Å²) >= 11 is 0. The molecule has 0 aliphatic carbocycles. The third-order valence-electron chi connectivity index (χ3n) is 3.54. The Morgan fingerprint density at radius 2 is 1.95 bits per heavy atom. The zero-order valence-electron chi connectivity index (χ0n) is 13.5. The number of nitrogens with two attached hydrogens (primary N) is 1. The quantitative estimate of drug-likeness (QED) is 0.810. The molecule has 0 heterocycles. The van der Waals surface area contributed by atoms with E-state index in [0.29, 0.717) is 17.9 Å². The SMILES string of the molecule is CCCC(C)(N)C(=O)NC(C)c1ccc(OC)c(OC)c1. The van der Waals surface area contributed by atoms with E-state index in [4.69, 9.17) is 15.2 Å². The number of rotatable bonds is 7. The van der Waals surface area contributed by atoms with Gasteiger partial charge < -0.3 is 20.5 Å². The predicted molar refractivity (Wildman–Crippen MR) is 83.6 cm³/mol. The van der Waals surface area contributed by atoms with Crippen LogP contribution in [0.5, 0.6) is 11.5 Å². The molecule has 1 aromatic carbocycles. The van der Waals surface area contributed by atoms with Crippen LogP contribution in [-0.2, 0) is 4.79 Å². The van der Waals surface area contributed by atoms with Crippen molar-refractivity contribution in [1.29, 1.82) is 0 Å². The number of carbonyl (C=O) groups excluding carboxylic acids is 1. The second kappa shape index (κ2) is 7.31. The van der Waals surface area contributed by atoms with Crippen molar-refractivity contribution in [2.75, 3.05) is 14.2 Å². The molecule has 0 bridgehead atoms. The third-order valence-corrected chi connectivity index (χ3v) is 3.54. The molecule has 1 rings (SSSR count). The number of methoxy groups -OCH3 is 2. The highest BCUT2D eigenvalue weighted by Crippen LogP contribution is 2.30. The molecule has 0 spiro atoms. The van der Waals surface area contributed by atoms with Crippen molar-refractivity contribution in [3.05, 3.63) is 23.8 Å². The smallest absolute Gasteiger partial charge is 0.240 e. The van der Waals surface area contributed by atoms with E-state index in [9.17, 15) is 4.79 Å². The van der Waals surface area contributed by atoms with Gasteiger partial charge in [0.25, 0.3) is 0 Å². The second-order valence-corrected chi connectivity index (χ2v) is 5.48. The maximum atomic E-state index is 12.2. The Hall–Kier alpha value is -1.75. The summed E-state index contributed by atoms with van der Waals surface area (Å²) in [6, 6.07) is 5.43. The highest BCUT2D eigenvalue weighted by molar-refractivity contribution is 5.85. The van der Waals surface area contributed by atoms with Gasteiger partial charge >= 0.3 is 0 Å². The summed E-state index contributed by atoms with van der Waals surface area (Å²) in [6.45, 7) is 5.69. The van der Waals surface area contributed by atoms with Gasteiger partial charge in [-0.25, -0.2) is 0 Å². The summed E-state index contributed by atoms with van der Waals surface area (Å²) in [5, 5.41) is 2.95. The number of carbonyl (C=O) groups is 1. The Morgan fingerprint density at radius 1 is 1.33 bits per heavy atom. The maximum absolute atomic E-state index is 12.2. The maximum Gasteiger partial charge on any atom is 0.240 e. The van der Waals surface area contributed by atoms with Gasteiger partial charge in [-0.2, -0.15) is 0 Å². The number of hydrogen-bond donors (Lipinski definition) is 2. The van der Waals surface area contributed by atoms with Crippen molar-refractivity contribution < 1.29 is 14.3 Å². The molecule has 0 radical (unpaired) electrons. The molecular formula is C16H26N2O3. The fourth-order valence-electron chi connectivity index (χ4n) is 2.20. The monoisotopic (exact) mass is 294 g/mol. The van der Waals surface area contributed by atoms with Gasteiger partial charge in [0.1, 0.15) is 0 Å². The Morgan fingerprint density at radius 3 is 2.48 bits per heavy atom. The van der Waals surface area contributed by atoms with Crippen LogP contribution in [0.3, 0.4) is 0 Å². The van der Waals surface area contributed by atoms with E-state index < -0.39 is 5.54 Å². The van der Waals surface area contributed by atoms with Crippen LogP contribution >= 0.6 is 0 Å². The Bertz CT molecular complexity index is 486. The molecule has 21 heavy (non-hydrogen) atoms. The third kappa shape index (κ3) is 4.36. The number of amides is 1. The van der Waals surface area contributed by atoms with Gasteiger partial charge in [0, 0.05) is 0 Å². The number of ether oxygens (including phenoxy) is 2. The highest BCUT2D eigenvalue weighted by Gasteiger charge is 2.28. The van der Waals surface area contributed by atoms with E-state index in [1.165, 1.54) is 0 Å². The zero-order chi connectivity index (χ0) is 16.0. The van der Waals surface area contributed by atoms with E-state index in [1.807, 2.05) is 32.0 Å². The van der Waals surface area contributed by atoms with Crippen LogP contribution < -0.4 is 20.5 Å². The summed E-state index contributed by atoms with van der Waals surface area (Å²) in [6.07, 6.45) is 1.52. The largest absolute Gasteiger partial charge is 0.493 e. The van der Waals surface area contributed by atoms with Crippen molar-refractivity contribution >= 4 is 5.91 Å². The van der Waals surface area contributed by atoms with Crippen molar-refractivity contribution in [1.82, 2.24) is 5.32 Å². The highest BCUT2D eigenvalue weighted by atomic mass is 16.5. The van der Waals surface area contributed by atoms with Crippen LogP contribution in [-0.4, -0.2) is 25.7 Å². The van der Waals surface area contributed by atoms with E-state index in [1.54, 1.807) is 21.1 Å². The second-order valence-electron chi connectivity index (χ2n) is 5.48. The minimum atomic E-state index is -0.848. The van der Waals surface area contributed by atoms with Gasteiger partial charge in [0.2, 0.25) is 5.91 Å². The summed E-state index contributed by atoms with van der Waals surface area (Å²) in [7, 11) is 3.18. The number of nitrogens with one attached hydrogen (secondary N) is 1. The Balaban J connectivity index is 2.84. The molecule has 2 unspecified atom stereocenters. The average molecular weight is 294 g/mol. The van der Waals surface area contributed by atoms with Crippen LogP contribution in [0.4, 0.5) is 0 Å². The Kier molecular flexibility index (Phi) is 6.03. The van der Waals surface area contributed by atoms with Crippen LogP contribution in [0.25, 0.3) is 0 Å². The molecule has 118 valence electrons. The lowest BCUT2D eigenvalue weighted by molar-refractivity contribution is -0.126. The zero-order valence-corrected chi connectivity index (χ0v) is 13.5. The molecule has 0 aliphatic heterocycles. The van der Waals surface area contributed by atoms with Crippen molar-refractivity contribution in [3.63, 3.8) is 0 Å². The molecular weight excluding hydrogens is 268 g/mol. The van der Waals surface area contributed by atoms with E-state index in [-0.39, 0.29) is 11.9 Å². The summed E-state index contributed by atoms with van der Waals surface area (Å²) < 4.78 is 10.5. The van der Waals surface area contributed by atoms with E-state index in [0.717, 1.165) is 12.0 Å². The summed E-state index contributed by atoms with van der Waals surface area (Å²) in [5.74, 6) is 1.15. The first-order valence-corrected chi connectivity index (χ1v) is 7.17. The van der Waals surface area contributed by atoms with E-state index in [2.05, 4.69) is 5.32 Å². The van der Waals surface area contributed by atoms with Gasteiger partial charge in [-0.05, 0) is 38.0 Å². The van der Waals surface area contributed by atoms with Crippen molar-refractivity contribution in [3.8, 4) is 11.5 Å². The standard InChI is InChI=1S/C16H26N2O3/c1-6-9-16(3,17)15(19)18-11(2)12-7-8-13(20-4)14(10-12)21-5/h7-8,10-11H,6,9,17H2,1-5H3,(H,18,19). The molecule has 5 nitrogen and oxygen atoms in total. The lowest BCUT2D eigenvalue weighted by atomic mass is 9.95. The first-order chi connectivity index (χ1) is 9.85. The van der Waals surface area contributed by atoms with Gasteiger partial charge in [0.15, 0.2) is 11.5 Å². The van der Waals surface area contributed by atoms with Crippen molar-refractivity contribution in [2.24, 2.45) is 5.73 Å². The molecule has 0 aromatic heterocycles. The van der Waals surface area contributed by atoms with Gasteiger partial charge in [-0.1, -0.05) is 19.4 Å². The van der Waals surface area contributed by atoms with Gasteiger partial charge in [-0.3, -0.25) is 4.79 Å². The fourth-order valence-corrected chi connectivity index (χ4v) is 2.20.